The van der Waals surface area contributed by atoms with E-state index in [9.17, 15) is 13.2 Å². The summed E-state index contributed by atoms with van der Waals surface area (Å²) in [7, 11) is 0. The van der Waals surface area contributed by atoms with Crippen molar-refractivity contribution in [1.29, 1.82) is 0 Å². The first-order valence-electron chi connectivity index (χ1n) is 7.95. The van der Waals surface area contributed by atoms with Gasteiger partial charge >= 0.3 is 6.18 Å². The van der Waals surface area contributed by atoms with E-state index in [2.05, 4.69) is 15.3 Å². The first kappa shape index (κ1) is 16.5. The molecule has 0 atom stereocenters. The van der Waals surface area contributed by atoms with Crippen LogP contribution in [-0.4, -0.2) is 16.1 Å². The van der Waals surface area contributed by atoms with Crippen molar-refractivity contribution in [2.45, 2.75) is 44.4 Å². The number of rotatable bonds is 4. The fraction of sp³-hybridized carbons (Fsp3) is 0.412. The summed E-state index contributed by atoms with van der Waals surface area (Å²) < 4.78 is 45.1. The van der Waals surface area contributed by atoms with Crippen molar-refractivity contribution in [2.75, 3.05) is 5.32 Å². The Morgan fingerprint density at radius 3 is 2.42 bits per heavy atom. The molecule has 24 heavy (non-hydrogen) atoms. The molecule has 1 N–H and O–H groups in total. The number of nitrogens with one attached hydrogen (secondary N) is 1. The Morgan fingerprint density at radius 1 is 1.04 bits per heavy atom. The molecular weight excluding hydrogens is 319 g/mol. The van der Waals surface area contributed by atoms with Crippen LogP contribution in [0.3, 0.4) is 0 Å². The number of para-hydroxylation sites is 1. The highest BCUT2D eigenvalue weighted by atomic mass is 19.4. The molecule has 0 aliphatic heterocycles. The zero-order chi connectivity index (χ0) is 17.0. The molecule has 1 aromatic carbocycles. The average Bonchev–Trinajstić information content (AvgIpc) is 2.56. The van der Waals surface area contributed by atoms with E-state index in [-0.39, 0.29) is 12.1 Å². The molecule has 0 unspecified atom stereocenters. The number of hydrogen-bond donors (Lipinski definition) is 1. The van der Waals surface area contributed by atoms with Crippen LogP contribution in [0.15, 0.2) is 36.5 Å². The zero-order valence-corrected chi connectivity index (χ0v) is 13.0. The molecule has 128 valence electrons. The quantitative estimate of drug-likeness (QED) is 0.857. The molecule has 0 saturated heterocycles. The topological polar surface area (TPSA) is 47.0 Å². The van der Waals surface area contributed by atoms with Crippen molar-refractivity contribution in [2.24, 2.45) is 0 Å². The number of nitrogens with zero attached hydrogens (tertiary/aromatic N) is 2. The van der Waals surface area contributed by atoms with Gasteiger partial charge in [-0.05, 0) is 37.8 Å². The largest absolute Gasteiger partial charge is 0.474 e. The lowest BCUT2D eigenvalue weighted by atomic mass is 9.98. The fourth-order valence-corrected chi connectivity index (χ4v) is 2.70. The van der Waals surface area contributed by atoms with E-state index in [1.54, 1.807) is 12.1 Å². The monoisotopic (exact) mass is 337 g/mol. The smallest absolute Gasteiger partial charge is 0.423 e. The highest BCUT2D eigenvalue weighted by Crippen LogP contribution is 2.36. The number of aromatic nitrogens is 2. The summed E-state index contributed by atoms with van der Waals surface area (Å²) in [6, 6.07) is 9.03. The lowest BCUT2D eigenvalue weighted by Gasteiger charge is -2.24. The van der Waals surface area contributed by atoms with Crippen molar-refractivity contribution >= 4 is 11.6 Å². The molecule has 1 aliphatic rings. The van der Waals surface area contributed by atoms with Gasteiger partial charge < -0.3 is 10.1 Å². The van der Waals surface area contributed by atoms with E-state index in [0.29, 0.717) is 5.69 Å². The molecule has 0 spiro atoms. The Hall–Kier alpha value is -2.31. The second-order valence-corrected chi connectivity index (χ2v) is 5.78. The van der Waals surface area contributed by atoms with Gasteiger partial charge in [0.2, 0.25) is 11.8 Å². The van der Waals surface area contributed by atoms with Crippen molar-refractivity contribution in [3.63, 3.8) is 0 Å². The van der Waals surface area contributed by atoms with Gasteiger partial charge in [0.25, 0.3) is 0 Å². The maximum absolute atomic E-state index is 13.2. The van der Waals surface area contributed by atoms with Crippen molar-refractivity contribution in [1.82, 2.24) is 9.97 Å². The number of halogens is 3. The minimum absolute atomic E-state index is 0.0833. The highest BCUT2D eigenvalue weighted by Gasteiger charge is 2.37. The van der Waals surface area contributed by atoms with Gasteiger partial charge in [-0.25, -0.2) is 4.98 Å². The van der Waals surface area contributed by atoms with E-state index >= 15 is 0 Å². The lowest BCUT2D eigenvalue weighted by molar-refractivity contribution is -0.140. The third kappa shape index (κ3) is 4.15. The SMILES string of the molecule is FC(F)(F)c1cnc(Nc2ccccc2)nc1OC1CCCCC1. The van der Waals surface area contributed by atoms with Gasteiger partial charge in [0.1, 0.15) is 11.7 Å². The molecule has 1 aromatic heterocycles. The van der Waals surface area contributed by atoms with Gasteiger partial charge in [-0.15, -0.1) is 0 Å². The fourth-order valence-electron chi connectivity index (χ4n) is 2.70. The van der Waals surface area contributed by atoms with Crippen LogP contribution in [0, 0.1) is 0 Å². The molecule has 0 bridgehead atoms. The number of alkyl halides is 3. The average molecular weight is 337 g/mol. The Kier molecular flexibility index (Phi) is 4.87. The maximum atomic E-state index is 13.2. The van der Waals surface area contributed by atoms with Gasteiger partial charge in [0, 0.05) is 11.9 Å². The minimum Gasteiger partial charge on any atom is -0.474 e. The lowest BCUT2D eigenvalue weighted by Crippen LogP contribution is -2.22. The molecule has 0 radical (unpaired) electrons. The van der Waals surface area contributed by atoms with Crippen LogP contribution in [-0.2, 0) is 6.18 Å². The van der Waals surface area contributed by atoms with Crippen molar-refractivity contribution in [3.8, 4) is 5.88 Å². The number of hydrogen-bond acceptors (Lipinski definition) is 4. The molecule has 1 saturated carbocycles. The normalized spacial score (nSPS) is 16.0. The molecule has 0 amide bonds. The number of ether oxygens (including phenoxy) is 1. The predicted molar refractivity (Wildman–Crippen MR) is 84.3 cm³/mol. The first-order valence-corrected chi connectivity index (χ1v) is 7.95. The van der Waals surface area contributed by atoms with Gasteiger partial charge in [0.15, 0.2) is 0 Å². The Balaban J connectivity index is 1.85. The molecular formula is C17H18F3N3O. The number of benzene rings is 1. The van der Waals surface area contributed by atoms with Crippen LogP contribution in [0.5, 0.6) is 5.88 Å². The van der Waals surface area contributed by atoms with Crippen LogP contribution in [0.2, 0.25) is 0 Å². The predicted octanol–water partition coefficient (Wildman–Crippen LogP) is 4.95. The number of anilines is 2. The van der Waals surface area contributed by atoms with E-state index in [1.165, 1.54) is 0 Å². The van der Waals surface area contributed by atoms with Crippen molar-refractivity contribution in [3.05, 3.63) is 42.1 Å². The minimum atomic E-state index is -4.55. The third-order valence-corrected chi connectivity index (χ3v) is 3.92. The van der Waals surface area contributed by atoms with Gasteiger partial charge in [-0.2, -0.15) is 18.2 Å². The summed E-state index contributed by atoms with van der Waals surface area (Å²) in [5.74, 6) is -0.317. The van der Waals surface area contributed by atoms with Crippen molar-refractivity contribution < 1.29 is 17.9 Å². The van der Waals surface area contributed by atoms with Crippen LogP contribution in [0.25, 0.3) is 0 Å². The molecule has 2 aromatic rings. The summed E-state index contributed by atoms with van der Waals surface area (Å²) in [6.07, 6.45) is 0.533. The summed E-state index contributed by atoms with van der Waals surface area (Å²) >= 11 is 0. The summed E-state index contributed by atoms with van der Waals surface area (Å²) in [4.78, 5) is 7.74. The van der Waals surface area contributed by atoms with Gasteiger partial charge in [-0.1, -0.05) is 24.6 Å². The Bertz CT molecular complexity index is 671. The second-order valence-electron chi connectivity index (χ2n) is 5.78. The molecule has 1 heterocycles. The Morgan fingerprint density at radius 2 is 1.75 bits per heavy atom. The van der Waals surface area contributed by atoms with Crippen LogP contribution in [0.1, 0.15) is 37.7 Å². The molecule has 3 rings (SSSR count). The summed E-state index contributed by atoms with van der Waals surface area (Å²) in [5.41, 5.74) is -0.243. The second kappa shape index (κ2) is 7.07. The maximum Gasteiger partial charge on any atom is 0.423 e. The summed E-state index contributed by atoms with van der Waals surface area (Å²) in [5, 5.41) is 2.89. The van der Waals surface area contributed by atoms with E-state index in [0.717, 1.165) is 38.3 Å². The molecule has 7 heteroatoms. The van der Waals surface area contributed by atoms with E-state index in [4.69, 9.17) is 4.74 Å². The van der Waals surface area contributed by atoms with Crippen LogP contribution in [0.4, 0.5) is 24.8 Å². The van der Waals surface area contributed by atoms with Crippen LogP contribution >= 0.6 is 0 Å². The van der Waals surface area contributed by atoms with E-state index < -0.39 is 17.6 Å². The van der Waals surface area contributed by atoms with E-state index in [1.807, 2.05) is 18.2 Å². The van der Waals surface area contributed by atoms with Gasteiger partial charge in [0.05, 0.1) is 0 Å². The zero-order valence-electron chi connectivity index (χ0n) is 13.0. The van der Waals surface area contributed by atoms with Gasteiger partial charge in [-0.3, -0.25) is 0 Å². The molecule has 1 aliphatic carbocycles. The standard InChI is InChI=1S/C17H18F3N3O/c18-17(19,20)14-11-21-16(22-12-7-3-1-4-8-12)23-15(14)24-13-9-5-2-6-10-13/h1,3-4,7-8,11,13H,2,5-6,9-10H2,(H,21,22,23). The summed E-state index contributed by atoms with van der Waals surface area (Å²) in [6.45, 7) is 0. The molecule has 4 nitrogen and oxygen atoms in total. The first-order chi connectivity index (χ1) is 11.5. The third-order valence-electron chi connectivity index (χ3n) is 3.92. The van der Waals surface area contributed by atoms with Crippen LogP contribution < -0.4 is 10.1 Å². The highest BCUT2D eigenvalue weighted by molar-refractivity contribution is 5.53. The Labute approximate surface area is 138 Å². The molecule has 1 fully saturated rings.